The first-order chi connectivity index (χ1) is 9.45. The molecule has 1 unspecified atom stereocenters. The predicted octanol–water partition coefficient (Wildman–Crippen LogP) is 3.36. The maximum Gasteiger partial charge on any atom is 0.115 e. The number of hydrogen-bond acceptors (Lipinski definition) is 4. The molecular weight excluding hydrogens is 268 g/mol. The number of rotatable bonds is 5. The summed E-state index contributed by atoms with van der Waals surface area (Å²) in [5.41, 5.74) is 2.42. The fraction of sp³-hybridized carbons (Fsp3) is 0.600. The first-order valence-electron chi connectivity index (χ1n) is 7.11. The Labute approximate surface area is 125 Å². The van der Waals surface area contributed by atoms with Gasteiger partial charge in [-0.05, 0) is 13.5 Å². The minimum Gasteiger partial charge on any atom is -0.307 e. The third kappa shape index (κ3) is 3.27. The molecule has 2 aromatic heterocycles. The summed E-state index contributed by atoms with van der Waals surface area (Å²) in [5, 5.41) is 11.0. The zero-order valence-electron chi connectivity index (χ0n) is 13.0. The van der Waals surface area contributed by atoms with Gasteiger partial charge in [-0.2, -0.15) is 5.10 Å². The lowest BCUT2D eigenvalue weighted by Gasteiger charge is -2.15. The van der Waals surface area contributed by atoms with E-state index in [1.54, 1.807) is 11.3 Å². The molecule has 20 heavy (non-hydrogen) atoms. The first-order valence-corrected chi connectivity index (χ1v) is 7.99. The number of nitrogens with one attached hydrogen (secondary N) is 1. The van der Waals surface area contributed by atoms with E-state index < -0.39 is 0 Å². The third-order valence-corrected chi connectivity index (χ3v) is 4.17. The van der Waals surface area contributed by atoms with E-state index in [0.717, 1.165) is 23.7 Å². The zero-order valence-corrected chi connectivity index (χ0v) is 13.8. The lowest BCUT2D eigenvalue weighted by molar-refractivity contribution is 0.566. The summed E-state index contributed by atoms with van der Waals surface area (Å²) in [6, 6.07) is 0.127. The van der Waals surface area contributed by atoms with Crippen LogP contribution >= 0.6 is 11.3 Å². The second-order valence-electron chi connectivity index (χ2n) is 6.08. The fourth-order valence-electron chi connectivity index (χ4n) is 2.08. The van der Waals surface area contributed by atoms with E-state index in [1.165, 1.54) is 5.56 Å². The van der Waals surface area contributed by atoms with Crippen LogP contribution in [0.5, 0.6) is 0 Å². The van der Waals surface area contributed by atoms with Gasteiger partial charge in [0.25, 0.3) is 0 Å². The van der Waals surface area contributed by atoms with E-state index in [9.17, 15) is 0 Å². The summed E-state index contributed by atoms with van der Waals surface area (Å²) in [6.07, 6.45) is 5.15. The third-order valence-electron chi connectivity index (χ3n) is 3.27. The summed E-state index contributed by atoms with van der Waals surface area (Å²) in [7, 11) is 1.97. The highest BCUT2D eigenvalue weighted by atomic mass is 32.1. The molecule has 110 valence electrons. The Morgan fingerprint density at radius 3 is 2.70 bits per heavy atom. The van der Waals surface area contributed by atoms with Crippen LogP contribution in [0.1, 0.15) is 56.4 Å². The normalized spacial score (nSPS) is 13.7. The molecule has 0 aliphatic heterocycles. The SMILES string of the molecule is CCCn1cc(C(NC)c2nc(C(C)(C)C)cs2)cn1. The Balaban J connectivity index is 2.25. The Hall–Kier alpha value is -1.20. The minimum atomic E-state index is 0.0967. The molecule has 0 aliphatic rings. The van der Waals surface area contributed by atoms with Gasteiger partial charge in [0.1, 0.15) is 5.01 Å². The lowest BCUT2D eigenvalue weighted by atomic mass is 9.93. The van der Waals surface area contributed by atoms with Gasteiger partial charge in [0.2, 0.25) is 0 Å². The van der Waals surface area contributed by atoms with Crippen LogP contribution in [0.15, 0.2) is 17.8 Å². The molecular formula is C15H24N4S. The van der Waals surface area contributed by atoms with Crippen molar-refractivity contribution in [2.45, 2.75) is 52.1 Å². The second kappa shape index (κ2) is 6.06. The van der Waals surface area contributed by atoms with E-state index in [1.807, 2.05) is 17.9 Å². The quantitative estimate of drug-likeness (QED) is 0.919. The van der Waals surface area contributed by atoms with E-state index in [2.05, 4.69) is 49.7 Å². The van der Waals surface area contributed by atoms with Gasteiger partial charge < -0.3 is 5.32 Å². The largest absolute Gasteiger partial charge is 0.307 e. The Morgan fingerprint density at radius 1 is 1.40 bits per heavy atom. The summed E-state index contributed by atoms with van der Waals surface area (Å²) in [6.45, 7) is 9.70. The van der Waals surface area contributed by atoms with Gasteiger partial charge in [-0.25, -0.2) is 4.98 Å². The summed E-state index contributed by atoms with van der Waals surface area (Å²) < 4.78 is 2.00. The van der Waals surface area contributed by atoms with Crippen LogP contribution in [0.2, 0.25) is 0 Å². The lowest BCUT2D eigenvalue weighted by Crippen LogP contribution is -2.18. The van der Waals surface area contributed by atoms with Crippen LogP contribution in [-0.2, 0) is 12.0 Å². The van der Waals surface area contributed by atoms with Gasteiger partial charge >= 0.3 is 0 Å². The van der Waals surface area contributed by atoms with Crippen LogP contribution in [-0.4, -0.2) is 21.8 Å². The average molecular weight is 292 g/mol. The molecule has 0 radical (unpaired) electrons. The summed E-state index contributed by atoms with van der Waals surface area (Å²) in [5.74, 6) is 0. The molecule has 0 saturated heterocycles. The molecule has 1 N–H and O–H groups in total. The highest BCUT2D eigenvalue weighted by molar-refractivity contribution is 7.09. The summed E-state index contributed by atoms with van der Waals surface area (Å²) in [4.78, 5) is 4.80. The van der Waals surface area contributed by atoms with Crippen molar-refractivity contribution in [2.24, 2.45) is 0 Å². The number of hydrogen-bond donors (Lipinski definition) is 1. The molecule has 0 bridgehead atoms. The van der Waals surface area contributed by atoms with Crippen LogP contribution in [0, 0.1) is 0 Å². The first kappa shape index (κ1) is 15.2. The molecule has 2 rings (SSSR count). The molecule has 4 nitrogen and oxygen atoms in total. The van der Waals surface area contributed by atoms with Crippen molar-refractivity contribution >= 4 is 11.3 Å². The smallest absolute Gasteiger partial charge is 0.115 e. The number of aromatic nitrogens is 3. The topological polar surface area (TPSA) is 42.7 Å². The van der Waals surface area contributed by atoms with Crippen molar-refractivity contribution in [3.8, 4) is 0 Å². The zero-order chi connectivity index (χ0) is 14.8. The molecule has 0 aromatic carbocycles. The van der Waals surface area contributed by atoms with Gasteiger partial charge in [-0.1, -0.05) is 27.7 Å². The highest BCUT2D eigenvalue weighted by Crippen LogP contribution is 2.29. The van der Waals surface area contributed by atoms with E-state index in [4.69, 9.17) is 4.98 Å². The highest BCUT2D eigenvalue weighted by Gasteiger charge is 2.22. The van der Waals surface area contributed by atoms with Crippen molar-refractivity contribution in [3.63, 3.8) is 0 Å². The molecule has 0 aliphatic carbocycles. The number of thiazole rings is 1. The van der Waals surface area contributed by atoms with Crippen LogP contribution < -0.4 is 5.32 Å². The van der Waals surface area contributed by atoms with Crippen molar-refractivity contribution < 1.29 is 0 Å². The molecule has 1 atom stereocenters. The monoisotopic (exact) mass is 292 g/mol. The van der Waals surface area contributed by atoms with Crippen molar-refractivity contribution in [3.05, 3.63) is 34.0 Å². The molecule has 0 spiro atoms. The Bertz CT molecular complexity index is 550. The second-order valence-corrected chi connectivity index (χ2v) is 6.97. The molecule has 0 saturated carbocycles. The number of nitrogens with zero attached hydrogens (tertiary/aromatic N) is 3. The maximum atomic E-state index is 4.80. The molecule has 0 fully saturated rings. The average Bonchev–Trinajstić information content (AvgIpc) is 3.00. The Kier molecular flexibility index (Phi) is 4.60. The summed E-state index contributed by atoms with van der Waals surface area (Å²) >= 11 is 1.72. The van der Waals surface area contributed by atoms with Crippen LogP contribution in [0.3, 0.4) is 0 Å². The van der Waals surface area contributed by atoms with Crippen molar-refractivity contribution in [1.29, 1.82) is 0 Å². The van der Waals surface area contributed by atoms with Gasteiger partial charge in [0, 0.05) is 29.1 Å². The maximum absolute atomic E-state index is 4.80. The van der Waals surface area contributed by atoms with Crippen molar-refractivity contribution in [1.82, 2.24) is 20.1 Å². The standard InChI is InChI=1S/C15H24N4S/c1-6-7-19-9-11(8-17-19)13(16-5)14-18-12(10-20-14)15(2,3)4/h8-10,13,16H,6-7H2,1-5H3. The van der Waals surface area contributed by atoms with Crippen LogP contribution in [0.4, 0.5) is 0 Å². The van der Waals surface area contributed by atoms with Crippen molar-refractivity contribution in [2.75, 3.05) is 7.05 Å². The Morgan fingerprint density at radius 2 is 2.15 bits per heavy atom. The number of aryl methyl sites for hydroxylation is 1. The molecule has 0 amide bonds. The molecule has 5 heteroatoms. The van der Waals surface area contributed by atoms with E-state index in [0.29, 0.717) is 0 Å². The molecule has 2 heterocycles. The van der Waals surface area contributed by atoms with Gasteiger partial charge in [-0.15, -0.1) is 11.3 Å². The van der Waals surface area contributed by atoms with E-state index in [-0.39, 0.29) is 11.5 Å². The van der Waals surface area contributed by atoms with Gasteiger partial charge in [0.15, 0.2) is 0 Å². The minimum absolute atomic E-state index is 0.0967. The fourth-order valence-corrected chi connectivity index (χ4v) is 3.26. The van der Waals surface area contributed by atoms with E-state index >= 15 is 0 Å². The molecule has 2 aromatic rings. The van der Waals surface area contributed by atoms with Gasteiger partial charge in [0.05, 0.1) is 17.9 Å². The van der Waals surface area contributed by atoms with Gasteiger partial charge in [-0.3, -0.25) is 4.68 Å². The van der Waals surface area contributed by atoms with Crippen LogP contribution in [0.25, 0.3) is 0 Å². The predicted molar refractivity (Wildman–Crippen MR) is 84.2 cm³/mol.